The molecule has 33 heavy (non-hydrogen) atoms. The number of benzene rings is 2. The molecule has 0 radical (unpaired) electrons. The number of nitrogens with zero attached hydrogens (tertiary/aromatic N) is 2. The maximum Gasteiger partial charge on any atom is 0.328 e. The Morgan fingerprint density at radius 2 is 1.61 bits per heavy atom. The molecule has 1 aliphatic carbocycles. The highest BCUT2D eigenvalue weighted by molar-refractivity contribution is 7.90. The summed E-state index contributed by atoms with van der Waals surface area (Å²) in [5, 5.41) is 7.15. The standard InChI is InChI=1S/C24H26N4O4S/c1-17-7-9-18(10-8-17)22-15-16-23(29)28(26-22)20-11-13-21(14-12-20)33(31,32)27-24(30)25-19-5-3-2-4-6-19/h7-16,19H,2-6H2,1H3,(H2,25,27,30). The van der Waals surface area contributed by atoms with Crippen LogP contribution < -0.4 is 15.6 Å². The van der Waals surface area contributed by atoms with Crippen molar-refractivity contribution in [1.82, 2.24) is 19.8 Å². The molecule has 1 fully saturated rings. The van der Waals surface area contributed by atoms with E-state index in [0.717, 1.165) is 43.2 Å². The molecule has 9 heteroatoms. The molecule has 0 unspecified atom stereocenters. The van der Waals surface area contributed by atoms with E-state index in [1.807, 2.05) is 31.2 Å². The lowest BCUT2D eigenvalue weighted by molar-refractivity contribution is 0.237. The van der Waals surface area contributed by atoms with Gasteiger partial charge in [0.1, 0.15) is 0 Å². The summed E-state index contributed by atoms with van der Waals surface area (Å²) in [4.78, 5) is 24.5. The van der Waals surface area contributed by atoms with Crippen LogP contribution in [0.5, 0.6) is 0 Å². The second-order valence-corrected chi connectivity index (χ2v) is 9.92. The number of nitrogens with one attached hydrogen (secondary N) is 2. The number of carbonyl (C=O) groups excluding carboxylic acids is 1. The minimum absolute atomic E-state index is 0.00455. The molecule has 2 aromatic carbocycles. The molecule has 0 saturated heterocycles. The largest absolute Gasteiger partial charge is 0.335 e. The van der Waals surface area contributed by atoms with Gasteiger partial charge in [0, 0.05) is 17.7 Å². The van der Waals surface area contributed by atoms with Gasteiger partial charge in [0.15, 0.2) is 0 Å². The van der Waals surface area contributed by atoms with Crippen molar-refractivity contribution in [2.75, 3.05) is 0 Å². The van der Waals surface area contributed by atoms with Crippen molar-refractivity contribution < 1.29 is 13.2 Å². The lowest BCUT2D eigenvalue weighted by atomic mass is 9.96. The van der Waals surface area contributed by atoms with E-state index in [0.29, 0.717) is 11.4 Å². The Hall–Kier alpha value is -3.46. The van der Waals surface area contributed by atoms with E-state index >= 15 is 0 Å². The molecule has 0 spiro atoms. The molecule has 3 aromatic rings. The molecular formula is C24H26N4O4S. The quantitative estimate of drug-likeness (QED) is 0.598. The van der Waals surface area contributed by atoms with E-state index in [9.17, 15) is 18.0 Å². The predicted octanol–water partition coefficient (Wildman–Crippen LogP) is 3.53. The van der Waals surface area contributed by atoms with Gasteiger partial charge in [-0.2, -0.15) is 9.78 Å². The molecule has 1 aromatic heterocycles. The number of aryl methyl sites for hydroxylation is 1. The average molecular weight is 467 g/mol. The van der Waals surface area contributed by atoms with Crippen LogP contribution in [0.3, 0.4) is 0 Å². The summed E-state index contributed by atoms with van der Waals surface area (Å²) in [6.45, 7) is 1.99. The Kier molecular flexibility index (Phi) is 6.60. The Labute approximate surface area is 192 Å². The Morgan fingerprint density at radius 3 is 2.27 bits per heavy atom. The van der Waals surface area contributed by atoms with Gasteiger partial charge in [-0.05, 0) is 50.1 Å². The predicted molar refractivity (Wildman–Crippen MR) is 126 cm³/mol. The highest BCUT2D eigenvalue weighted by atomic mass is 32.2. The number of urea groups is 1. The van der Waals surface area contributed by atoms with Crippen LogP contribution in [0.15, 0.2) is 70.4 Å². The van der Waals surface area contributed by atoms with Crippen LogP contribution in [0.25, 0.3) is 16.9 Å². The van der Waals surface area contributed by atoms with Gasteiger partial charge in [-0.25, -0.2) is 17.9 Å². The van der Waals surface area contributed by atoms with Crippen molar-refractivity contribution in [2.45, 2.75) is 50.0 Å². The molecule has 2 amide bonds. The molecule has 0 bridgehead atoms. The van der Waals surface area contributed by atoms with Crippen LogP contribution in [0.2, 0.25) is 0 Å². The lowest BCUT2D eigenvalue weighted by Crippen LogP contribution is -2.45. The van der Waals surface area contributed by atoms with Gasteiger partial charge >= 0.3 is 6.03 Å². The first-order chi connectivity index (χ1) is 15.8. The average Bonchev–Trinajstić information content (AvgIpc) is 2.80. The van der Waals surface area contributed by atoms with Crippen LogP contribution in [0.4, 0.5) is 4.79 Å². The van der Waals surface area contributed by atoms with Crippen LogP contribution in [0, 0.1) is 6.92 Å². The Balaban J connectivity index is 1.51. The fraction of sp³-hybridized carbons (Fsp3) is 0.292. The van der Waals surface area contributed by atoms with Gasteiger partial charge in [-0.1, -0.05) is 49.1 Å². The number of hydrogen-bond acceptors (Lipinski definition) is 5. The summed E-state index contributed by atoms with van der Waals surface area (Å²) in [5.74, 6) is 0. The minimum atomic E-state index is -4.04. The molecule has 172 valence electrons. The van der Waals surface area contributed by atoms with Crippen LogP contribution in [-0.4, -0.2) is 30.3 Å². The number of rotatable bonds is 5. The van der Waals surface area contributed by atoms with E-state index in [4.69, 9.17) is 0 Å². The van der Waals surface area contributed by atoms with Crippen molar-refractivity contribution in [3.8, 4) is 16.9 Å². The Morgan fingerprint density at radius 1 is 0.939 bits per heavy atom. The van der Waals surface area contributed by atoms with Gasteiger partial charge in [0.2, 0.25) is 0 Å². The third kappa shape index (κ3) is 5.48. The third-order valence-corrected chi connectivity index (χ3v) is 7.05. The normalized spacial score (nSPS) is 14.6. The van der Waals surface area contributed by atoms with Gasteiger partial charge in [0.25, 0.3) is 15.6 Å². The van der Waals surface area contributed by atoms with Crippen molar-refractivity contribution in [1.29, 1.82) is 0 Å². The molecule has 1 saturated carbocycles. The zero-order valence-corrected chi connectivity index (χ0v) is 19.1. The number of carbonyl (C=O) groups is 1. The molecule has 0 atom stereocenters. The molecule has 1 aliphatic rings. The summed E-state index contributed by atoms with van der Waals surface area (Å²) >= 11 is 0. The topological polar surface area (TPSA) is 110 Å². The van der Waals surface area contributed by atoms with Crippen molar-refractivity contribution in [2.24, 2.45) is 0 Å². The van der Waals surface area contributed by atoms with E-state index in [1.54, 1.807) is 6.07 Å². The number of amides is 2. The molecule has 1 heterocycles. The van der Waals surface area contributed by atoms with Crippen molar-refractivity contribution in [3.63, 3.8) is 0 Å². The fourth-order valence-corrected chi connectivity index (χ4v) is 4.80. The molecule has 0 aliphatic heterocycles. The lowest BCUT2D eigenvalue weighted by Gasteiger charge is -2.22. The first-order valence-corrected chi connectivity index (χ1v) is 12.4. The van der Waals surface area contributed by atoms with Gasteiger partial charge in [-0.3, -0.25) is 4.79 Å². The third-order valence-electron chi connectivity index (χ3n) is 5.71. The SMILES string of the molecule is Cc1ccc(-c2ccc(=O)n(-c3ccc(S(=O)(=O)NC(=O)NC4CCCCC4)cc3)n2)cc1. The number of hydrogen-bond donors (Lipinski definition) is 2. The van der Waals surface area contributed by atoms with Crippen LogP contribution in [0.1, 0.15) is 37.7 Å². The monoisotopic (exact) mass is 466 g/mol. The fourth-order valence-electron chi connectivity index (χ4n) is 3.88. The van der Waals surface area contributed by atoms with Crippen LogP contribution >= 0.6 is 0 Å². The van der Waals surface area contributed by atoms with Crippen LogP contribution in [-0.2, 0) is 10.0 Å². The molecule has 8 nitrogen and oxygen atoms in total. The summed E-state index contributed by atoms with van der Waals surface area (Å²) in [5.41, 5.74) is 2.67. The summed E-state index contributed by atoms with van der Waals surface area (Å²) in [6, 6.07) is 15.8. The zero-order valence-electron chi connectivity index (χ0n) is 18.3. The highest BCUT2D eigenvalue weighted by Gasteiger charge is 2.21. The van der Waals surface area contributed by atoms with E-state index in [-0.39, 0.29) is 16.5 Å². The first-order valence-electron chi connectivity index (χ1n) is 10.9. The van der Waals surface area contributed by atoms with Crippen molar-refractivity contribution >= 4 is 16.1 Å². The second kappa shape index (κ2) is 9.58. The first kappa shape index (κ1) is 22.7. The van der Waals surface area contributed by atoms with Gasteiger partial charge in [0.05, 0.1) is 16.3 Å². The smallest absolute Gasteiger partial charge is 0.328 e. The number of sulfonamides is 1. The molecule has 2 N–H and O–H groups in total. The summed E-state index contributed by atoms with van der Waals surface area (Å²) < 4.78 is 28.5. The summed E-state index contributed by atoms with van der Waals surface area (Å²) in [6.07, 6.45) is 4.89. The maximum absolute atomic E-state index is 12.6. The van der Waals surface area contributed by atoms with E-state index in [1.165, 1.54) is 35.0 Å². The van der Waals surface area contributed by atoms with Gasteiger partial charge < -0.3 is 5.32 Å². The zero-order chi connectivity index (χ0) is 23.4. The highest BCUT2D eigenvalue weighted by Crippen LogP contribution is 2.19. The van der Waals surface area contributed by atoms with Gasteiger partial charge in [-0.15, -0.1) is 0 Å². The van der Waals surface area contributed by atoms with E-state index in [2.05, 4.69) is 15.1 Å². The molecular weight excluding hydrogens is 440 g/mol. The maximum atomic E-state index is 12.6. The molecule has 4 rings (SSSR count). The summed E-state index contributed by atoms with van der Waals surface area (Å²) in [7, 11) is -4.04. The second-order valence-electron chi connectivity index (χ2n) is 8.24. The van der Waals surface area contributed by atoms with Crippen molar-refractivity contribution in [3.05, 3.63) is 76.6 Å². The Bertz CT molecular complexity index is 1290. The van der Waals surface area contributed by atoms with E-state index < -0.39 is 16.1 Å². The number of aromatic nitrogens is 2. The minimum Gasteiger partial charge on any atom is -0.335 e.